The van der Waals surface area contributed by atoms with Crippen LogP contribution in [0.4, 0.5) is 5.00 Å². The van der Waals surface area contributed by atoms with Crippen LogP contribution in [0.15, 0.2) is 0 Å². The molecule has 0 unspecified atom stereocenters. The number of rotatable bonds is 6. The van der Waals surface area contributed by atoms with E-state index in [4.69, 9.17) is 15.1 Å². The quantitative estimate of drug-likeness (QED) is 0.774. The molecule has 0 spiro atoms. The number of ether oxygens (including phenoxy) is 1. The minimum atomic E-state index is -0.926. The van der Waals surface area contributed by atoms with Crippen LogP contribution in [0.5, 0.6) is 0 Å². The number of aliphatic carboxylic acids is 1. The van der Waals surface area contributed by atoms with Crippen LogP contribution in [-0.4, -0.2) is 30.2 Å². The van der Waals surface area contributed by atoms with Crippen molar-refractivity contribution >= 4 is 28.3 Å². The molecule has 6 nitrogen and oxygen atoms in total. The van der Waals surface area contributed by atoms with Crippen molar-refractivity contribution < 1.29 is 19.4 Å². The summed E-state index contributed by atoms with van der Waals surface area (Å²) >= 11 is 1.11. The molecule has 2 N–H and O–H groups in total. The van der Waals surface area contributed by atoms with E-state index in [0.717, 1.165) is 11.3 Å². The van der Waals surface area contributed by atoms with E-state index in [1.165, 1.54) is 0 Å². The monoisotopic (exact) mass is 282 g/mol. The number of esters is 1. The van der Waals surface area contributed by atoms with E-state index in [9.17, 15) is 9.59 Å². The number of nitriles is 1. The van der Waals surface area contributed by atoms with E-state index < -0.39 is 11.9 Å². The number of hydrogen-bond donors (Lipinski definition) is 2. The summed E-state index contributed by atoms with van der Waals surface area (Å²) in [6.45, 7) is 3.84. The molecule has 7 heteroatoms. The van der Waals surface area contributed by atoms with E-state index in [1.54, 1.807) is 13.8 Å². The summed E-state index contributed by atoms with van der Waals surface area (Å²) in [5.41, 5.74) is 0.919. The number of hydrogen-bond acceptors (Lipinski definition) is 6. The predicted octanol–water partition coefficient (Wildman–Crippen LogP) is 1.99. The fourth-order valence-electron chi connectivity index (χ4n) is 1.45. The van der Waals surface area contributed by atoms with Crippen LogP contribution < -0.4 is 5.32 Å². The van der Waals surface area contributed by atoms with Gasteiger partial charge in [0.1, 0.15) is 15.9 Å². The summed E-state index contributed by atoms with van der Waals surface area (Å²) < 4.78 is 4.90. The first-order valence-electron chi connectivity index (χ1n) is 5.67. The summed E-state index contributed by atoms with van der Waals surface area (Å²) in [5, 5.41) is 21.0. The van der Waals surface area contributed by atoms with Gasteiger partial charge in [0.25, 0.3) is 0 Å². The van der Waals surface area contributed by atoms with Crippen LogP contribution in [0, 0.1) is 18.3 Å². The van der Waals surface area contributed by atoms with Gasteiger partial charge in [-0.05, 0) is 19.4 Å². The average Bonchev–Trinajstić information content (AvgIpc) is 2.65. The third-order valence-corrected chi connectivity index (χ3v) is 3.57. The Kier molecular flexibility index (Phi) is 5.33. The molecule has 0 aromatic carbocycles. The Morgan fingerprint density at radius 1 is 1.53 bits per heavy atom. The normalized spacial score (nSPS) is 9.74. The van der Waals surface area contributed by atoms with Gasteiger partial charge in [0, 0.05) is 6.54 Å². The molecule has 0 saturated carbocycles. The Balaban J connectivity index is 2.93. The Bertz CT molecular complexity index is 531. The second kappa shape index (κ2) is 6.75. The van der Waals surface area contributed by atoms with E-state index in [0.29, 0.717) is 21.0 Å². The molecule has 0 radical (unpaired) electrons. The number of carboxylic acid groups (broad SMARTS) is 1. The highest BCUT2D eigenvalue weighted by molar-refractivity contribution is 7.18. The molecule has 1 aromatic heterocycles. The molecule has 102 valence electrons. The zero-order valence-corrected chi connectivity index (χ0v) is 11.5. The summed E-state index contributed by atoms with van der Waals surface area (Å²) in [7, 11) is 0. The molecule has 1 rings (SSSR count). The van der Waals surface area contributed by atoms with Crippen molar-refractivity contribution in [3.05, 3.63) is 16.0 Å². The van der Waals surface area contributed by atoms with Crippen molar-refractivity contribution in [1.82, 2.24) is 0 Å². The molecule has 0 aliphatic rings. The van der Waals surface area contributed by atoms with Gasteiger partial charge in [-0.25, -0.2) is 4.79 Å². The van der Waals surface area contributed by atoms with Crippen molar-refractivity contribution in [2.24, 2.45) is 0 Å². The summed E-state index contributed by atoms with van der Waals surface area (Å²) in [5.74, 6) is -1.39. The number of nitrogens with one attached hydrogen (secondary N) is 1. The van der Waals surface area contributed by atoms with Crippen molar-refractivity contribution in [3.63, 3.8) is 0 Å². The van der Waals surface area contributed by atoms with E-state index in [1.807, 2.05) is 6.07 Å². The lowest BCUT2D eigenvalue weighted by Crippen LogP contribution is -2.07. The molecule has 0 bridgehead atoms. The zero-order valence-electron chi connectivity index (χ0n) is 10.6. The fraction of sp³-hybridized carbons (Fsp3) is 0.417. The highest BCUT2D eigenvalue weighted by Crippen LogP contribution is 2.32. The molecule has 1 aromatic rings. The Hall–Kier alpha value is -2.07. The molecule has 0 saturated heterocycles. The van der Waals surface area contributed by atoms with Gasteiger partial charge in [0.2, 0.25) is 0 Å². The van der Waals surface area contributed by atoms with Gasteiger partial charge in [-0.1, -0.05) is 0 Å². The first kappa shape index (κ1) is 15.0. The standard InChI is InChI=1S/C12H14N2O4S/c1-3-18-12(17)10-7(2)8(6-13)11(19-10)14-5-4-9(15)16/h14H,3-5H2,1-2H3,(H,15,16). The van der Waals surface area contributed by atoms with Crippen LogP contribution in [-0.2, 0) is 9.53 Å². The van der Waals surface area contributed by atoms with E-state index in [2.05, 4.69) is 5.32 Å². The topological polar surface area (TPSA) is 99.4 Å². The number of carboxylic acids is 1. The third-order valence-electron chi connectivity index (χ3n) is 2.34. The van der Waals surface area contributed by atoms with Gasteiger partial charge in [0.05, 0.1) is 18.6 Å². The first-order valence-corrected chi connectivity index (χ1v) is 6.49. The highest BCUT2D eigenvalue weighted by atomic mass is 32.1. The van der Waals surface area contributed by atoms with Gasteiger partial charge in [-0.3, -0.25) is 4.79 Å². The maximum absolute atomic E-state index is 11.7. The number of nitrogens with zero attached hydrogens (tertiary/aromatic N) is 1. The van der Waals surface area contributed by atoms with Crippen molar-refractivity contribution in [3.8, 4) is 6.07 Å². The third kappa shape index (κ3) is 3.69. The summed E-state index contributed by atoms with van der Waals surface area (Å²) in [6.07, 6.45) is -0.0590. The molecule has 0 aliphatic carbocycles. The second-order valence-electron chi connectivity index (χ2n) is 3.66. The van der Waals surface area contributed by atoms with Gasteiger partial charge >= 0.3 is 11.9 Å². The molecular weight excluding hydrogens is 268 g/mol. The maximum Gasteiger partial charge on any atom is 0.348 e. The molecule has 0 fully saturated rings. The number of carbonyl (C=O) groups excluding carboxylic acids is 1. The van der Waals surface area contributed by atoms with Gasteiger partial charge < -0.3 is 15.2 Å². The number of thiophene rings is 1. The van der Waals surface area contributed by atoms with Gasteiger partial charge in [0.15, 0.2) is 0 Å². The minimum Gasteiger partial charge on any atom is -0.481 e. The van der Waals surface area contributed by atoms with Crippen molar-refractivity contribution in [2.45, 2.75) is 20.3 Å². The molecular formula is C12H14N2O4S. The Morgan fingerprint density at radius 3 is 2.74 bits per heavy atom. The maximum atomic E-state index is 11.7. The van der Waals surface area contributed by atoms with Gasteiger partial charge in [-0.2, -0.15) is 5.26 Å². The lowest BCUT2D eigenvalue weighted by Gasteiger charge is -2.01. The largest absolute Gasteiger partial charge is 0.481 e. The molecule has 0 aliphatic heterocycles. The first-order chi connectivity index (χ1) is 9.01. The zero-order chi connectivity index (χ0) is 14.4. The SMILES string of the molecule is CCOC(=O)c1sc(NCCC(=O)O)c(C#N)c1C. The van der Waals surface area contributed by atoms with Crippen LogP contribution in [0.3, 0.4) is 0 Å². The molecule has 1 heterocycles. The number of anilines is 1. The molecule has 0 atom stereocenters. The number of carbonyl (C=O) groups is 2. The minimum absolute atomic E-state index is 0.0590. The Morgan fingerprint density at radius 2 is 2.21 bits per heavy atom. The molecule has 19 heavy (non-hydrogen) atoms. The predicted molar refractivity (Wildman–Crippen MR) is 70.5 cm³/mol. The summed E-state index contributed by atoms with van der Waals surface area (Å²) in [6, 6.07) is 2.01. The Labute approximate surface area is 114 Å². The smallest absolute Gasteiger partial charge is 0.348 e. The van der Waals surface area contributed by atoms with E-state index >= 15 is 0 Å². The van der Waals surface area contributed by atoms with Crippen molar-refractivity contribution in [1.29, 1.82) is 5.26 Å². The highest BCUT2D eigenvalue weighted by Gasteiger charge is 2.20. The van der Waals surface area contributed by atoms with Crippen molar-refractivity contribution in [2.75, 3.05) is 18.5 Å². The lowest BCUT2D eigenvalue weighted by atomic mass is 10.2. The summed E-state index contributed by atoms with van der Waals surface area (Å²) in [4.78, 5) is 22.5. The van der Waals surface area contributed by atoms with Crippen LogP contribution >= 0.6 is 11.3 Å². The van der Waals surface area contributed by atoms with Crippen LogP contribution in [0.2, 0.25) is 0 Å². The van der Waals surface area contributed by atoms with Crippen LogP contribution in [0.25, 0.3) is 0 Å². The molecule has 0 amide bonds. The van der Waals surface area contributed by atoms with Crippen LogP contribution in [0.1, 0.15) is 34.1 Å². The fourth-order valence-corrected chi connectivity index (χ4v) is 2.52. The second-order valence-corrected chi connectivity index (χ2v) is 4.68. The average molecular weight is 282 g/mol. The van der Waals surface area contributed by atoms with E-state index in [-0.39, 0.29) is 19.6 Å². The van der Waals surface area contributed by atoms with Gasteiger partial charge in [-0.15, -0.1) is 11.3 Å². The lowest BCUT2D eigenvalue weighted by molar-refractivity contribution is -0.136.